The summed E-state index contributed by atoms with van der Waals surface area (Å²) in [5.41, 5.74) is 2.13. The second-order valence-corrected chi connectivity index (χ2v) is 5.05. The molecule has 0 saturated carbocycles. The smallest absolute Gasteiger partial charge is 0.406 e. The molecule has 0 atom stereocenters. The van der Waals surface area contributed by atoms with Crippen molar-refractivity contribution in [1.82, 2.24) is 9.88 Å². The number of carbonyl (C=O) groups is 1. The van der Waals surface area contributed by atoms with Crippen molar-refractivity contribution in [2.24, 2.45) is 0 Å². The zero-order valence-electron chi connectivity index (χ0n) is 12.9. The van der Waals surface area contributed by atoms with Gasteiger partial charge in [-0.15, -0.1) is 0 Å². The van der Waals surface area contributed by atoms with Crippen LogP contribution in [0.2, 0.25) is 0 Å². The maximum absolute atomic E-state index is 12.1. The zero-order valence-corrected chi connectivity index (χ0v) is 12.9. The van der Waals surface area contributed by atoms with Gasteiger partial charge in [0.15, 0.2) is 6.61 Å². The summed E-state index contributed by atoms with van der Waals surface area (Å²) in [6, 6.07) is 10.7. The number of rotatable bonds is 6. The summed E-state index contributed by atoms with van der Waals surface area (Å²) in [7, 11) is 1.66. The van der Waals surface area contributed by atoms with Gasteiger partial charge < -0.3 is 19.8 Å². The van der Waals surface area contributed by atoms with E-state index in [2.05, 4.69) is 4.98 Å². The Morgan fingerprint density at radius 1 is 1.30 bits per heavy atom. The number of aromatic nitrogens is 1. The number of hydrogen-bond acceptors (Lipinski definition) is 5. The second-order valence-electron chi connectivity index (χ2n) is 5.05. The summed E-state index contributed by atoms with van der Waals surface area (Å²) in [5.74, 6) is -0.691. The van der Waals surface area contributed by atoms with Crippen LogP contribution in [0.15, 0.2) is 42.6 Å². The van der Waals surface area contributed by atoms with Crippen LogP contribution in [0, 0.1) is 17.0 Å². The summed E-state index contributed by atoms with van der Waals surface area (Å²) >= 11 is 0. The maximum Gasteiger partial charge on any atom is 0.406 e. The molecule has 0 spiro atoms. The highest BCUT2D eigenvalue weighted by atomic mass is 16.6. The molecule has 7 heteroatoms. The van der Waals surface area contributed by atoms with E-state index < -0.39 is 10.7 Å². The summed E-state index contributed by atoms with van der Waals surface area (Å²) in [6.45, 7) is 2.14. The Kier molecular flexibility index (Phi) is 5.24. The zero-order chi connectivity index (χ0) is 16.8. The third-order valence-corrected chi connectivity index (χ3v) is 3.37. The van der Waals surface area contributed by atoms with E-state index in [0.29, 0.717) is 6.54 Å². The van der Waals surface area contributed by atoms with Crippen LogP contribution in [0.3, 0.4) is 0 Å². The number of pyridine rings is 1. The minimum absolute atomic E-state index is 0.0184. The van der Waals surface area contributed by atoms with Crippen LogP contribution in [-0.4, -0.2) is 34.4 Å². The number of ether oxygens (including phenoxy) is 1. The first-order valence-electron chi connectivity index (χ1n) is 6.99. The van der Waals surface area contributed by atoms with Crippen molar-refractivity contribution in [1.29, 1.82) is 0 Å². The third kappa shape index (κ3) is 4.26. The number of hydrogen-bond donors (Lipinski definition) is 0. The normalized spacial score (nSPS) is 10.2. The molecule has 1 heterocycles. The number of nitro groups is 1. The van der Waals surface area contributed by atoms with Crippen LogP contribution in [-0.2, 0) is 11.3 Å². The van der Waals surface area contributed by atoms with Crippen LogP contribution in [0.25, 0.3) is 0 Å². The lowest BCUT2D eigenvalue weighted by atomic mass is 10.1. The van der Waals surface area contributed by atoms with Gasteiger partial charge in [-0.3, -0.25) is 4.79 Å². The van der Waals surface area contributed by atoms with E-state index in [9.17, 15) is 14.9 Å². The van der Waals surface area contributed by atoms with Gasteiger partial charge >= 0.3 is 5.82 Å². The highest BCUT2D eigenvalue weighted by molar-refractivity contribution is 5.77. The van der Waals surface area contributed by atoms with Gasteiger partial charge in [0, 0.05) is 13.6 Å². The molecule has 1 amide bonds. The molecule has 1 aromatic heterocycles. The lowest BCUT2D eigenvalue weighted by molar-refractivity contribution is -0.390. The number of carbonyl (C=O) groups excluding carboxylic acids is 1. The second kappa shape index (κ2) is 7.35. The molecule has 1 aromatic carbocycles. The summed E-state index contributed by atoms with van der Waals surface area (Å²) < 4.78 is 5.25. The van der Waals surface area contributed by atoms with Crippen LogP contribution in [0.5, 0.6) is 5.75 Å². The van der Waals surface area contributed by atoms with Gasteiger partial charge in [0.05, 0.1) is 0 Å². The third-order valence-electron chi connectivity index (χ3n) is 3.37. The average Bonchev–Trinajstić information content (AvgIpc) is 2.54. The Hall–Kier alpha value is -2.96. The van der Waals surface area contributed by atoms with Crippen molar-refractivity contribution < 1.29 is 14.5 Å². The quantitative estimate of drug-likeness (QED) is 0.603. The highest BCUT2D eigenvalue weighted by Gasteiger charge is 2.18. The largest absolute Gasteiger partial charge is 0.476 e. The van der Waals surface area contributed by atoms with E-state index in [-0.39, 0.29) is 18.3 Å². The minimum Gasteiger partial charge on any atom is -0.476 e. The summed E-state index contributed by atoms with van der Waals surface area (Å²) in [6.07, 6.45) is 1.30. The molecule has 7 nitrogen and oxygen atoms in total. The molecule has 0 aliphatic heterocycles. The van der Waals surface area contributed by atoms with E-state index in [1.807, 2.05) is 31.2 Å². The van der Waals surface area contributed by atoms with Crippen LogP contribution in [0.1, 0.15) is 11.1 Å². The molecule has 0 N–H and O–H groups in total. The number of nitrogens with zero attached hydrogens (tertiary/aromatic N) is 3. The molecule has 0 aliphatic rings. The van der Waals surface area contributed by atoms with E-state index >= 15 is 0 Å². The van der Waals surface area contributed by atoms with Gasteiger partial charge in [-0.25, -0.2) is 0 Å². The van der Waals surface area contributed by atoms with Crippen molar-refractivity contribution >= 4 is 11.7 Å². The molecule has 120 valence electrons. The predicted molar refractivity (Wildman–Crippen MR) is 84.0 cm³/mol. The van der Waals surface area contributed by atoms with Crippen molar-refractivity contribution in [3.05, 3.63) is 63.8 Å². The lowest BCUT2D eigenvalue weighted by Crippen LogP contribution is -2.31. The fourth-order valence-electron chi connectivity index (χ4n) is 2.01. The molecule has 0 bridgehead atoms. The van der Waals surface area contributed by atoms with Gasteiger partial charge in [0.1, 0.15) is 6.20 Å². The van der Waals surface area contributed by atoms with Gasteiger partial charge in [0.2, 0.25) is 5.75 Å². The number of amides is 1. The first kappa shape index (κ1) is 16.4. The van der Waals surface area contributed by atoms with Crippen molar-refractivity contribution in [3.63, 3.8) is 0 Å². The SMILES string of the molecule is Cc1ccccc1CN(C)C(=O)COc1cccnc1[N+](=O)[O-]. The standard InChI is InChI=1S/C16H17N3O4/c1-12-6-3-4-7-13(12)10-18(2)15(20)11-23-14-8-5-9-17-16(14)19(21)22/h3-9H,10-11H2,1-2H3. The first-order valence-corrected chi connectivity index (χ1v) is 6.99. The topological polar surface area (TPSA) is 85.6 Å². The van der Waals surface area contributed by atoms with Crippen LogP contribution >= 0.6 is 0 Å². The van der Waals surface area contributed by atoms with Gasteiger partial charge in [-0.05, 0) is 40.1 Å². The van der Waals surface area contributed by atoms with E-state index in [1.54, 1.807) is 7.05 Å². The summed E-state index contributed by atoms with van der Waals surface area (Å²) in [4.78, 5) is 27.5. The molecule has 0 aliphatic carbocycles. The molecule has 0 unspecified atom stereocenters. The molecule has 0 saturated heterocycles. The monoisotopic (exact) mass is 315 g/mol. The average molecular weight is 315 g/mol. The van der Waals surface area contributed by atoms with Gasteiger partial charge in [-0.2, -0.15) is 0 Å². The first-order chi connectivity index (χ1) is 11.0. The summed E-state index contributed by atoms with van der Waals surface area (Å²) in [5, 5.41) is 10.8. The number of likely N-dealkylation sites (N-methyl/N-ethyl adjacent to an activating group) is 1. The molecule has 23 heavy (non-hydrogen) atoms. The van der Waals surface area contributed by atoms with E-state index in [0.717, 1.165) is 11.1 Å². The Balaban J connectivity index is 1.97. The van der Waals surface area contributed by atoms with Gasteiger partial charge in [-0.1, -0.05) is 24.3 Å². The van der Waals surface area contributed by atoms with Crippen LogP contribution in [0.4, 0.5) is 5.82 Å². The van der Waals surface area contributed by atoms with Crippen LogP contribution < -0.4 is 4.74 Å². The molecule has 2 aromatic rings. The van der Waals surface area contributed by atoms with E-state index in [4.69, 9.17) is 4.74 Å². The number of benzene rings is 1. The molecule has 2 rings (SSSR count). The minimum atomic E-state index is -0.642. The predicted octanol–water partition coefficient (Wildman–Crippen LogP) is 2.34. The maximum atomic E-state index is 12.1. The molecule has 0 radical (unpaired) electrons. The Labute approximate surface area is 133 Å². The van der Waals surface area contributed by atoms with Gasteiger partial charge in [0.25, 0.3) is 5.91 Å². The van der Waals surface area contributed by atoms with E-state index in [1.165, 1.54) is 23.2 Å². The Bertz CT molecular complexity index is 718. The molecule has 0 fully saturated rings. The highest BCUT2D eigenvalue weighted by Crippen LogP contribution is 2.22. The van der Waals surface area contributed by atoms with Crippen molar-refractivity contribution in [2.45, 2.75) is 13.5 Å². The molecular weight excluding hydrogens is 298 g/mol. The fourth-order valence-corrected chi connectivity index (χ4v) is 2.01. The van der Waals surface area contributed by atoms with Crippen molar-refractivity contribution in [2.75, 3.05) is 13.7 Å². The number of aryl methyl sites for hydroxylation is 1. The Morgan fingerprint density at radius 2 is 2.04 bits per heavy atom. The van der Waals surface area contributed by atoms with Crippen molar-refractivity contribution in [3.8, 4) is 5.75 Å². The Morgan fingerprint density at radius 3 is 2.74 bits per heavy atom. The molecular formula is C16H17N3O4. The lowest BCUT2D eigenvalue weighted by Gasteiger charge is -2.18. The fraction of sp³-hybridized carbons (Fsp3) is 0.250.